The first kappa shape index (κ1) is 16.3. The van der Waals surface area contributed by atoms with Gasteiger partial charge in [0.25, 0.3) is 5.56 Å². The zero-order valence-electron chi connectivity index (χ0n) is 11.8. The molecule has 1 aliphatic rings. The largest absolute Gasteiger partial charge is 0.396 e. The molecule has 22 heavy (non-hydrogen) atoms. The van der Waals surface area contributed by atoms with Crippen molar-refractivity contribution in [1.82, 2.24) is 9.55 Å². The van der Waals surface area contributed by atoms with Crippen LogP contribution in [-0.2, 0) is 4.74 Å². The molecule has 0 amide bonds. The summed E-state index contributed by atoms with van der Waals surface area (Å²) in [7, 11) is 0. The molecule has 2 heterocycles. The van der Waals surface area contributed by atoms with Crippen LogP contribution in [0.3, 0.4) is 0 Å². The number of H-pyrrole nitrogens is 1. The van der Waals surface area contributed by atoms with E-state index in [9.17, 15) is 24.8 Å². The number of aromatic amines is 1. The van der Waals surface area contributed by atoms with Crippen molar-refractivity contribution < 1.29 is 19.9 Å². The summed E-state index contributed by atoms with van der Waals surface area (Å²) in [6.07, 6.45) is -0.844. The van der Waals surface area contributed by atoms with Crippen molar-refractivity contribution in [2.24, 2.45) is 5.92 Å². The second kappa shape index (κ2) is 6.38. The summed E-state index contributed by atoms with van der Waals surface area (Å²) in [6.45, 7) is 0.574. The zero-order valence-corrected chi connectivity index (χ0v) is 11.8. The van der Waals surface area contributed by atoms with Crippen LogP contribution in [0, 0.1) is 23.0 Å². The van der Waals surface area contributed by atoms with Gasteiger partial charge in [0, 0.05) is 23.3 Å². The lowest BCUT2D eigenvalue weighted by Crippen LogP contribution is -2.39. The van der Waals surface area contributed by atoms with Gasteiger partial charge in [-0.25, -0.2) is 4.79 Å². The number of aliphatic hydroxyl groups is 2. The molecule has 0 saturated carbocycles. The monoisotopic (exact) mass is 315 g/mol. The van der Waals surface area contributed by atoms with Crippen molar-refractivity contribution >= 4 is 0 Å². The summed E-state index contributed by atoms with van der Waals surface area (Å²) >= 11 is 0. The molecule has 122 valence electrons. The normalized spacial score (nSPS) is 28.0. The molecule has 1 aromatic heterocycles. The fraction of sp³-hybridized carbons (Fsp3) is 0.667. The van der Waals surface area contributed by atoms with Gasteiger partial charge in [-0.3, -0.25) is 24.5 Å². The maximum Gasteiger partial charge on any atom is 0.330 e. The van der Waals surface area contributed by atoms with Crippen LogP contribution in [0.4, 0.5) is 0 Å². The second-order valence-electron chi connectivity index (χ2n) is 5.18. The van der Waals surface area contributed by atoms with E-state index in [1.165, 1.54) is 13.1 Å². The standard InChI is InChI=1S/C12H17N3O7/c1-6-4-14(12(19)13-10(6)18)11-7(2-3-16)9(15(20)21)8(5-17)22-11/h4,7-9,11,16-17H,2-3,5H2,1H3,(H,13,18,19)/t7-,8-,9?,11-/m1/s1. The van der Waals surface area contributed by atoms with Crippen LogP contribution < -0.4 is 11.2 Å². The number of nitro groups is 1. The summed E-state index contributed by atoms with van der Waals surface area (Å²) in [6, 6.07) is -1.25. The number of hydrogen-bond donors (Lipinski definition) is 3. The smallest absolute Gasteiger partial charge is 0.330 e. The maximum absolute atomic E-state index is 11.9. The van der Waals surface area contributed by atoms with Gasteiger partial charge in [0.05, 0.1) is 12.5 Å². The van der Waals surface area contributed by atoms with Gasteiger partial charge in [0.1, 0.15) is 6.23 Å². The number of nitrogens with one attached hydrogen (secondary N) is 1. The van der Waals surface area contributed by atoms with Crippen molar-refractivity contribution in [3.63, 3.8) is 0 Å². The molecular formula is C12H17N3O7. The number of ether oxygens (including phenoxy) is 1. The molecule has 1 unspecified atom stereocenters. The molecule has 10 nitrogen and oxygen atoms in total. The summed E-state index contributed by atoms with van der Waals surface area (Å²) < 4.78 is 6.51. The average Bonchev–Trinajstić information content (AvgIpc) is 2.82. The lowest BCUT2D eigenvalue weighted by Gasteiger charge is -2.20. The zero-order chi connectivity index (χ0) is 16.4. The Balaban J connectivity index is 2.49. The maximum atomic E-state index is 11.9. The molecule has 2 rings (SSSR count). The van der Waals surface area contributed by atoms with Crippen LogP contribution in [0.25, 0.3) is 0 Å². The number of aryl methyl sites for hydroxylation is 1. The number of rotatable bonds is 5. The van der Waals surface area contributed by atoms with Crippen molar-refractivity contribution in [2.75, 3.05) is 13.2 Å². The number of nitrogens with zero attached hydrogens (tertiary/aromatic N) is 2. The van der Waals surface area contributed by atoms with E-state index >= 15 is 0 Å². The van der Waals surface area contributed by atoms with Crippen molar-refractivity contribution in [3.8, 4) is 0 Å². The van der Waals surface area contributed by atoms with Crippen molar-refractivity contribution in [1.29, 1.82) is 0 Å². The molecule has 1 aromatic rings. The van der Waals surface area contributed by atoms with Crippen molar-refractivity contribution in [2.45, 2.75) is 31.7 Å². The average molecular weight is 315 g/mol. The fourth-order valence-electron chi connectivity index (χ4n) is 2.76. The Bertz CT molecular complexity index is 667. The predicted octanol–water partition coefficient (Wildman–Crippen LogP) is -1.62. The van der Waals surface area contributed by atoms with E-state index in [4.69, 9.17) is 9.84 Å². The van der Waals surface area contributed by atoms with Gasteiger partial charge < -0.3 is 14.9 Å². The SMILES string of the molecule is Cc1cn([C@@H]2O[C@H](CO)C([N+](=O)[O-])[C@H]2CCO)c(=O)[nH]c1=O. The van der Waals surface area contributed by atoms with Crippen LogP contribution in [0.5, 0.6) is 0 Å². The predicted molar refractivity (Wildman–Crippen MR) is 73.0 cm³/mol. The minimum atomic E-state index is -1.25. The molecule has 1 aliphatic heterocycles. The van der Waals surface area contributed by atoms with E-state index in [-0.39, 0.29) is 18.6 Å². The van der Waals surface area contributed by atoms with Crippen LogP contribution in [-0.4, -0.2) is 50.0 Å². The highest BCUT2D eigenvalue weighted by atomic mass is 16.6. The quantitative estimate of drug-likeness (QED) is 0.437. The molecule has 3 N–H and O–H groups in total. The van der Waals surface area contributed by atoms with Gasteiger partial charge in [0.2, 0.25) is 6.04 Å². The molecular weight excluding hydrogens is 298 g/mol. The first-order chi connectivity index (χ1) is 10.4. The second-order valence-corrected chi connectivity index (χ2v) is 5.18. The fourth-order valence-corrected chi connectivity index (χ4v) is 2.76. The molecule has 0 spiro atoms. The summed E-state index contributed by atoms with van der Waals surface area (Å²) in [5, 5.41) is 29.6. The third-order valence-corrected chi connectivity index (χ3v) is 3.81. The summed E-state index contributed by atoms with van der Waals surface area (Å²) in [5.41, 5.74) is -1.07. The number of aliphatic hydroxyl groups excluding tert-OH is 2. The minimum Gasteiger partial charge on any atom is -0.396 e. The number of hydrogen-bond acceptors (Lipinski definition) is 7. The van der Waals surface area contributed by atoms with Gasteiger partial charge in [0.15, 0.2) is 6.10 Å². The molecule has 0 aliphatic carbocycles. The Morgan fingerprint density at radius 1 is 1.45 bits per heavy atom. The Morgan fingerprint density at radius 2 is 2.14 bits per heavy atom. The lowest BCUT2D eigenvalue weighted by molar-refractivity contribution is -0.535. The van der Waals surface area contributed by atoms with Gasteiger partial charge in [-0.15, -0.1) is 0 Å². The first-order valence-electron chi connectivity index (χ1n) is 6.73. The molecule has 0 bridgehead atoms. The molecule has 0 aromatic carbocycles. The van der Waals surface area contributed by atoms with Crippen LogP contribution >= 0.6 is 0 Å². The van der Waals surface area contributed by atoms with Crippen LogP contribution in [0.15, 0.2) is 15.8 Å². The highest BCUT2D eigenvalue weighted by molar-refractivity contribution is 5.03. The van der Waals surface area contributed by atoms with E-state index in [0.29, 0.717) is 0 Å². The Kier molecular flexibility index (Phi) is 4.74. The Hall–Kier alpha value is -2.04. The van der Waals surface area contributed by atoms with Crippen molar-refractivity contribution in [3.05, 3.63) is 42.7 Å². The van der Waals surface area contributed by atoms with Gasteiger partial charge in [-0.2, -0.15) is 0 Å². The van der Waals surface area contributed by atoms with E-state index < -0.39 is 47.1 Å². The molecule has 0 radical (unpaired) electrons. The van der Waals surface area contributed by atoms with Gasteiger partial charge >= 0.3 is 5.69 Å². The molecule has 10 heteroatoms. The lowest BCUT2D eigenvalue weighted by atomic mass is 9.94. The van der Waals surface area contributed by atoms with Gasteiger partial charge in [-0.05, 0) is 13.3 Å². The van der Waals surface area contributed by atoms with Crippen LogP contribution in [0.1, 0.15) is 18.2 Å². The highest BCUT2D eigenvalue weighted by Gasteiger charge is 2.52. The number of aromatic nitrogens is 2. The van der Waals surface area contributed by atoms with Crippen LogP contribution in [0.2, 0.25) is 0 Å². The van der Waals surface area contributed by atoms with Gasteiger partial charge in [-0.1, -0.05) is 0 Å². The minimum absolute atomic E-state index is 0.0252. The Labute approximate surface area is 124 Å². The van der Waals surface area contributed by atoms with E-state index in [1.807, 2.05) is 0 Å². The first-order valence-corrected chi connectivity index (χ1v) is 6.73. The topological polar surface area (TPSA) is 148 Å². The molecule has 1 saturated heterocycles. The third-order valence-electron chi connectivity index (χ3n) is 3.81. The van der Waals surface area contributed by atoms with E-state index in [1.54, 1.807) is 0 Å². The highest BCUT2D eigenvalue weighted by Crippen LogP contribution is 2.37. The third kappa shape index (κ3) is 2.80. The Morgan fingerprint density at radius 3 is 2.68 bits per heavy atom. The summed E-state index contributed by atoms with van der Waals surface area (Å²) in [4.78, 5) is 36.1. The molecule has 4 atom stereocenters. The molecule has 1 fully saturated rings. The van der Waals surface area contributed by atoms with E-state index in [2.05, 4.69) is 4.98 Å². The summed E-state index contributed by atoms with van der Waals surface area (Å²) in [5.74, 6) is -0.805. The van der Waals surface area contributed by atoms with E-state index in [0.717, 1.165) is 4.57 Å².